The first kappa shape index (κ1) is 38.6. The van der Waals surface area contributed by atoms with Gasteiger partial charge < -0.3 is 23.7 Å². The molecule has 0 fully saturated rings. The summed E-state index contributed by atoms with van der Waals surface area (Å²) in [6.07, 6.45) is 0.876. The quantitative estimate of drug-likeness (QED) is 0.107. The van der Waals surface area contributed by atoms with Crippen LogP contribution < -0.4 is 4.74 Å². The summed E-state index contributed by atoms with van der Waals surface area (Å²) in [5, 5.41) is 0. The highest BCUT2D eigenvalue weighted by Crippen LogP contribution is 2.32. The molecule has 1 aromatic carbocycles. The fraction of sp³-hybridized carbons (Fsp3) is 0.676. The summed E-state index contributed by atoms with van der Waals surface area (Å²) >= 11 is 0. The molecule has 0 amide bonds. The van der Waals surface area contributed by atoms with E-state index < -0.39 is 71.0 Å². The van der Waals surface area contributed by atoms with Gasteiger partial charge in [0, 0.05) is 6.92 Å². The molecule has 0 saturated heterocycles. The minimum Gasteiger partial charge on any atom is -0.464 e. The van der Waals surface area contributed by atoms with E-state index in [2.05, 4.69) is 0 Å². The van der Waals surface area contributed by atoms with Gasteiger partial charge >= 0.3 is 29.8 Å². The van der Waals surface area contributed by atoms with E-state index in [1.165, 1.54) is 6.92 Å². The van der Waals surface area contributed by atoms with Crippen molar-refractivity contribution in [1.82, 2.24) is 0 Å². The molecule has 0 aliphatic heterocycles. The number of hydrogen-bond donors (Lipinski definition) is 0. The average Bonchev–Trinajstić information content (AvgIpc) is 2.83. The number of ether oxygens (including phenoxy) is 5. The van der Waals surface area contributed by atoms with Gasteiger partial charge in [-0.3, -0.25) is 24.0 Å². The number of hydrogen-bond acceptors (Lipinski definition) is 10. The van der Waals surface area contributed by atoms with Crippen LogP contribution in [0.5, 0.6) is 5.75 Å². The lowest BCUT2D eigenvalue weighted by molar-refractivity contribution is -0.178. The first-order chi connectivity index (χ1) is 20.0. The highest BCUT2D eigenvalue weighted by atomic mass is 16.6. The van der Waals surface area contributed by atoms with Crippen molar-refractivity contribution in [2.75, 3.05) is 6.61 Å². The SMILES string of the molecule is CCC(CC(CC(C)c1ccc(OC(C)=O)cc1)C(=O)OC(C)(C)C)C(=O)OCC(C(=O)OC(C)(C)C)C(=O)OC(C)(C)C. The smallest absolute Gasteiger partial charge is 0.324 e. The zero-order valence-electron chi connectivity index (χ0n) is 28.5. The molecule has 10 nitrogen and oxygen atoms in total. The van der Waals surface area contributed by atoms with Gasteiger partial charge in [0.25, 0.3) is 0 Å². The summed E-state index contributed by atoms with van der Waals surface area (Å²) in [5.41, 5.74) is -1.56. The largest absolute Gasteiger partial charge is 0.464 e. The van der Waals surface area contributed by atoms with Crippen LogP contribution >= 0.6 is 0 Å². The lowest BCUT2D eigenvalue weighted by atomic mass is 9.84. The molecule has 0 saturated carbocycles. The Labute approximate surface area is 262 Å². The second-order valence-electron chi connectivity index (χ2n) is 14.1. The van der Waals surface area contributed by atoms with Crippen molar-refractivity contribution in [1.29, 1.82) is 0 Å². The number of carbonyl (C=O) groups is 5. The molecule has 1 rings (SSSR count). The Morgan fingerprint density at radius 3 is 1.52 bits per heavy atom. The summed E-state index contributed by atoms with van der Waals surface area (Å²) in [6.45, 7) is 19.9. The molecule has 0 aliphatic rings. The molecule has 0 aromatic heterocycles. The molecular weight excluding hydrogens is 568 g/mol. The molecule has 0 aliphatic carbocycles. The maximum Gasteiger partial charge on any atom is 0.324 e. The highest BCUT2D eigenvalue weighted by Gasteiger charge is 2.38. The Morgan fingerprint density at radius 1 is 0.659 bits per heavy atom. The normalized spacial score (nSPS) is 14.2. The topological polar surface area (TPSA) is 132 Å². The number of rotatable bonds is 13. The minimum absolute atomic E-state index is 0.101. The zero-order valence-corrected chi connectivity index (χ0v) is 28.5. The second-order valence-corrected chi connectivity index (χ2v) is 14.1. The molecule has 0 radical (unpaired) electrons. The maximum atomic E-state index is 13.3. The predicted molar refractivity (Wildman–Crippen MR) is 165 cm³/mol. The van der Waals surface area contributed by atoms with Crippen LogP contribution in [0.25, 0.3) is 0 Å². The summed E-state index contributed by atoms with van der Waals surface area (Å²) in [4.78, 5) is 63.6. The molecule has 0 N–H and O–H groups in total. The Kier molecular flexibility index (Phi) is 14.1. The standard InChI is InChI=1S/C34H52O10/c1-13-23(28(36)40-20-27(30(38)43-33(7,8)9)31(39)44-34(10,11)12)19-25(29(37)42-32(4,5)6)18-21(2)24-14-16-26(17-15-24)41-22(3)35/h14-17,21,23,25,27H,13,18-20H2,1-12H3. The van der Waals surface area contributed by atoms with Gasteiger partial charge in [-0.1, -0.05) is 26.0 Å². The van der Waals surface area contributed by atoms with Crippen molar-refractivity contribution < 1.29 is 47.7 Å². The van der Waals surface area contributed by atoms with Crippen molar-refractivity contribution >= 4 is 29.8 Å². The third-order valence-corrected chi connectivity index (χ3v) is 6.26. The van der Waals surface area contributed by atoms with Crippen molar-refractivity contribution in [2.24, 2.45) is 17.8 Å². The van der Waals surface area contributed by atoms with E-state index in [9.17, 15) is 24.0 Å². The summed E-state index contributed by atoms with van der Waals surface area (Å²) in [7, 11) is 0. The van der Waals surface area contributed by atoms with Gasteiger partial charge in [0.05, 0.1) is 11.8 Å². The molecule has 1 aromatic rings. The Balaban J connectivity index is 3.15. The summed E-state index contributed by atoms with van der Waals surface area (Å²) in [6, 6.07) is 7.03. The van der Waals surface area contributed by atoms with Crippen molar-refractivity contribution in [3.05, 3.63) is 29.8 Å². The number of benzene rings is 1. The maximum absolute atomic E-state index is 13.3. The van der Waals surface area contributed by atoms with Gasteiger partial charge in [0.2, 0.25) is 0 Å². The summed E-state index contributed by atoms with van der Waals surface area (Å²) < 4.78 is 27.1. The highest BCUT2D eigenvalue weighted by molar-refractivity contribution is 5.95. The van der Waals surface area contributed by atoms with Crippen LogP contribution in [-0.4, -0.2) is 53.3 Å². The molecular formula is C34H52O10. The van der Waals surface area contributed by atoms with Gasteiger partial charge in [-0.2, -0.15) is 0 Å². The lowest BCUT2D eigenvalue weighted by Gasteiger charge is -2.28. The van der Waals surface area contributed by atoms with Crippen LogP contribution in [0.2, 0.25) is 0 Å². The third kappa shape index (κ3) is 14.8. The van der Waals surface area contributed by atoms with Gasteiger partial charge in [-0.15, -0.1) is 0 Å². The van der Waals surface area contributed by atoms with E-state index in [0.29, 0.717) is 18.6 Å². The van der Waals surface area contributed by atoms with Crippen LogP contribution in [0.1, 0.15) is 114 Å². The number of esters is 5. The third-order valence-electron chi connectivity index (χ3n) is 6.26. The molecule has 0 spiro atoms. The molecule has 3 atom stereocenters. The number of carbonyl (C=O) groups excluding carboxylic acids is 5. The Morgan fingerprint density at radius 2 is 1.11 bits per heavy atom. The van der Waals surface area contributed by atoms with Crippen LogP contribution in [0, 0.1) is 17.8 Å². The molecule has 44 heavy (non-hydrogen) atoms. The van der Waals surface area contributed by atoms with Crippen molar-refractivity contribution in [3.63, 3.8) is 0 Å². The first-order valence-corrected chi connectivity index (χ1v) is 15.1. The molecule has 10 heteroatoms. The van der Waals surface area contributed by atoms with Crippen LogP contribution in [0.15, 0.2) is 24.3 Å². The summed E-state index contributed by atoms with van der Waals surface area (Å²) in [5.74, 6) is -5.71. The zero-order chi connectivity index (χ0) is 34.0. The fourth-order valence-electron chi connectivity index (χ4n) is 4.30. The minimum atomic E-state index is -1.47. The van der Waals surface area contributed by atoms with E-state index >= 15 is 0 Å². The van der Waals surface area contributed by atoms with Gasteiger partial charge in [-0.05, 0) is 105 Å². The molecule has 248 valence electrons. The van der Waals surface area contributed by atoms with Gasteiger partial charge in [0.15, 0.2) is 5.92 Å². The Bertz CT molecular complexity index is 1100. The van der Waals surface area contributed by atoms with Crippen LogP contribution in [-0.2, 0) is 42.9 Å². The van der Waals surface area contributed by atoms with E-state index in [1.54, 1.807) is 81.4 Å². The van der Waals surface area contributed by atoms with Gasteiger partial charge in [-0.25, -0.2) is 0 Å². The van der Waals surface area contributed by atoms with E-state index in [-0.39, 0.29) is 12.3 Å². The Hall–Kier alpha value is -3.43. The molecule has 0 bridgehead atoms. The van der Waals surface area contributed by atoms with Crippen molar-refractivity contribution in [2.45, 2.75) is 125 Å². The van der Waals surface area contributed by atoms with Crippen LogP contribution in [0.3, 0.4) is 0 Å². The van der Waals surface area contributed by atoms with Crippen molar-refractivity contribution in [3.8, 4) is 5.75 Å². The first-order valence-electron chi connectivity index (χ1n) is 15.1. The molecule has 3 unspecified atom stereocenters. The molecule has 0 heterocycles. The van der Waals surface area contributed by atoms with E-state index in [1.807, 2.05) is 19.1 Å². The fourth-order valence-corrected chi connectivity index (χ4v) is 4.30. The predicted octanol–water partition coefficient (Wildman–Crippen LogP) is 6.32. The van der Waals surface area contributed by atoms with E-state index in [4.69, 9.17) is 23.7 Å². The van der Waals surface area contributed by atoms with Gasteiger partial charge in [0.1, 0.15) is 29.2 Å². The average molecular weight is 621 g/mol. The lowest BCUT2D eigenvalue weighted by Crippen LogP contribution is -2.40. The monoisotopic (exact) mass is 620 g/mol. The van der Waals surface area contributed by atoms with Crippen LogP contribution in [0.4, 0.5) is 0 Å². The second kappa shape index (κ2) is 16.0. The van der Waals surface area contributed by atoms with E-state index in [0.717, 1.165) is 5.56 Å².